The fourth-order valence-electron chi connectivity index (χ4n) is 4.42. The van der Waals surface area contributed by atoms with E-state index in [0.29, 0.717) is 13.0 Å². The van der Waals surface area contributed by atoms with E-state index in [1.165, 1.54) is 10.5 Å². The Morgan fingerprint density at radius 3 is 2.64 bits per heavy atom. The number of fused-ring (bicyclic) bond motifs is 2. The number of nitrogens with zero attached hydrogens (tertiary/aromatic N) is 2. The van der Waals surface area contributed by atoms with E-state index in [2.05, 4.69) is 11.0 Å². The van der Waals surface area contributed by atoms with Gasteiger partial charge in [-0.1, -0.05) is 24.3 Å². The molecule has 2 amide bonds. The van der Waals surface area contributed by atoms with Crippen molar-refractivity contribution in [2.45, 2.75) is 31.1 Å². The van der Waals surface area contributed by atoms with Gasteiger partial charge in [-0.05, 0) is 30.4 Å². The van der Waals surface area contributed by atoms with Crippen molar-refractivity contribution in [3.05, 3.63) is 35.4 Å². The van der Waals surface area contributed by atoms with Crippen molar-refractivity contribution in [3.8, 4) is 0 Å². The number of hydrogen-bond donors (Lipinski definition) is 0. The van der Waals surface area contributed by atoms with Crippen LogP contribution in [0.5, 0.6) is 0 Å². The maximum absolute atomic E-state index is 13.2. The van der Waals surface area contributed by atoms with Crippen LogP contribution in [0.1, 0.15) is 30.4 Å². The molecule has 4 rings (SSSR count). The zero-order valence-corrected chi connectivity index (χ0v) is 15.2. The molecule has 1 unspecified atom stereocenters. The van der Waals surface area contributed by atoms with Crippen LogP contribution < -0.4 is 0 Å². The second kappa shape index (κ2) is 7.44. The van der Waals surface area contributed by atoms with Crippen molar-refractivity contribution in [1.29, 1.82) is 0 Å². The number of carbonyl (C=O) groups excluding carboxylic acids is 2. The SMILES string of the molecule is Cl.O=C1CC2(CCCc3ccccc32)C(=O)N1CCN1CCOCC1. The Bertz CT molecular complexity index is 660. The molecule has 1 aliphatic carbocycles. The number of likely N-dealkylation sites (tertiary alicyclic amines) is 1. The first-order valence-corrected chi connectivity index (χ1v) is 8.94. The summed E-state index contributed by atoms with van der Waals surface area (Å²) >= 11 is 0. The van der Waals surface area contributed by atoms with E-state index in [1.54, 1.807) is 0 Å². The molecule has 0 saturated carbocycles. The van der Waals surface area contributed by atoms with Crippen LogP contribution in [0.15, 0.2) is 24.3 Å². The minimum atomic E-state index is -0.600. The average molecular weight is 365 g/mol. The molecular formula is C19H25ClN2O3. The highest BCUT2D eigenvalue weighted by Gasteiger charge is 2.53. The molecular weight excluding hydrogens is 340 g/mol. The van der Waals surface area contributed by atoms with Crippen LogP contribution in [-0.2, 0) is 26.2 Å². The summed E-state index contributed by atoms with van der Waals surface area (Å²) in [4.78, 5) is 29.6. The Balaban J connectivity index is 0.00000182. The fraction of sp³-hybridized carbons (Fsp3) is 0.579. The molecule has 1 atom stereocenters. The third kappa shape index (κ3) is 3.21. The summed E-state index contributed by atoms with van der Waals surface area (Å²) in [6.07, 6.45) is 3.12. The predicted octanol–water partition coefficient (Wildman–Crippen LogP) is 1.77. The highest BCUT2D eigenvalue weighted by Crippen LogP contribution is 2.45. The predicted molar refractivity (Wildman–Crippen MR) is 96.9 cm³/mol. The summed E-state index contributed by atoms with van der Waals surface area (Å²) in [5.41, 5.74) is 1.72. The van der Waals surface area contributed by atoms with Crippen LogP contribution in [0.25, 0.3) is 0 Å². The molecule has 2 saturated heterocycles. The van der Waals surface area contributed by atoms with Gasteiger partial charge in [0.15, 0.2) is 0 Å². The molecule has 2 aliphatic heterocycles. The van der Waals surface area contributed by atoms with Gasteiger partial charge >= 0.3 is 0 Å². The molecule has 2 fully saturated rings. The molecule has 1 spiro atoms. The summed E-state index contributed by atoms with van der Waals surface area (Å²) in [5, 5.41) is 0. The Labute approximate surface area is 154 Å². The van der Waals surface area contributed by atoms with Crippen LogP contribution in [0.3, 0.4) is 0 Å². The topological polar surface area (TPSA) is 49.9 Å². The van der Waals surface area contributed by atoms with Crippen LogP contribution in [0, 0.1) is 0 Å². The lowest BCUT2D eigenvalue weighted by molar-refractivity contribution is -0.140. The molecule has 1 aromatic carbocycles. The van der Waals surface area contributed by atoms with Crippen molar-refractivity contribution < 1.29 is 14.3 Å². The normalized spacial score (nSPS) is 26.6. The minimum absolute atomic E-state index is 0. The van der Waals surface area contributed by atoms with Gasteiger partial charge in [-0.15, -0.1) is 12.4 Å². The largest absolute Gasteiger partial charge is 0.379 e. The zero-order chi connectivity index (χ0) is 16.6. The summed E-state index contributed by atoms with van der Waals surface area (Å²) in [6.45, 7) is 4.48. The number of benzene rings is 1. The molecule has 0 aromatic heterocycles. The van der Waals surface area contributed by atoms with Crippen LogP contribution in [-0.4, -0.2) is 61.0 Å². The number of rotatable bonds is 3. The van der Waals surface area contributed by atoms with Gasteiger partial charge in [0.1, 0.15) is 0 Å². The van der Waals surface area contributed by atoms with Gasteiger partial charge in [0, 0.05) is 32.6 Å². The maximum Gasteiger partial charge on any atom is 0.240 e. The maximum atomic E-state index is 13.2. The van der Waals surface area contributed by atoms with E-state index >= 15 is 0 Å². The molecule has 3 aliphatic rings. The molecule has 2 heterocycles. The van der Waals surface area contributed by atoms with Gasteiger partial charge < -0.3 is 4.74 Å². The molecule has 0 bridgehead atoms. The molecule has 1 aromatic rings. The van der Waals surface area contributed by atoms with Crippen molar-refractivity contribution in [2.24, 2.45) is 0 Å². The van der Waals surface area contributed by atoms with Crippen LogP contribution in [0.4, 0.5) is 0 Å². The molecule has 6 heteroatoms. The first-order chi connectivity index (χ1) is 11.7. The number of carbonyl (C=O) groups is 2. The molecule has 0 N–H and O–H groups in total. The van der Waals surface area contributed by atoms with Crippen LogP contribution in [0.2, 0.25) is 0 Å². The summed E-state index contributed by atoms with van der Waals surface area (Å²) < 4.78 is 5.35. The molecule has 0 radical (unpaired) electrons. The van der Waals surface area contributed by atoms with Gasteiger partial charge in [-0.25, -0.2) is 0 Å². The van der Waals surface area contributed by atoms with Gasteiger partial charge in [0.2, 0.25) is 11.8 Å². The minimum Gasteiger partial charge on any atom is -0.379 e. The van der Waals surface area contributed by atoms with E-state index in [0.717, 1.165) is 57.7 Å². The number of hydrogen-bond acceptors (Lipinski definition) is 4. The van der Waals surface area contributed by atoms with Crippen molar-refractivity contribution in [2.75, 3.05) is 39.4 Å². The van der Waals surface area contributed by atoms with Crippen molar-refractivity contribution in [1.82, 2.24) is 9.80 Å². The van der Waals surface area contributed by atoms with E-state index in [9.17, 15) is 9.59 Å². The summed E-state index contributed by atoms with van der Waals surface area (Å²) in [7, 11) is 0. The van der Waals surface area contributed by atoms with Crippen molar-refractivity contribution in [3.63, 3.8) is 0 Å². The van der Waals surface area contributed by atoms with Gasteiger partial charge in [-0.3, -0.25) is 19.4 Å². The lowest BCUT2D eigenvalue weighted by atomic mass is 9.69. The van der Waals surface area contributed by atoms with E-state index in [-0.39, 0.29) is 24.2 Å². The molecule has 5 nitrogen and oxygen atoms in total. The van der Waals surface area contributed by atoms with E-state index in [4.69, 9.17) is 4.74 Å². The molecule has 136 valence electrons. The highest BCUT2D eigenvalue weighted by molar-refractivity contribution is 6.09. The first kappa shape index (κ1) is 18.4. The first-order valence-electron chi connectivity index (χ1n) is 8.94. The Hall–Kier alpha value is -1.43. The van der Waals surface area contributed by atoms with E-state index in [1.807, 2.05) is 18.2 Å². The lowest BCUT2D eigenvalue weighted by Crippen LogP contribution is -2.45. The van der Waals surface area contributed by atoms with Gasteiger partial charge in [0.05, 0.1) is 18.6 Å². The zero-order valence-electron chi connectivity index (χ0n) is 14.4. The van der Waals surface area contributed by atoms with Crippen LogP contribution >= 0.6 is 12.4 Å². The molecule has 25 heavy (non-hydrogen) atoms. The Morgan fingerprint density at radius 1 is 1.08 bits per heavy atom. The summed E-state index contributed by atoms with van der Waals surface area (Å²) in [6, 6.07) is 8.16. The smallest absolute Gasteiger partial charge is 0.240 e. The highest BCUT2D eigenvalue weighted by atomic mass is 35.5. The third-order valence-corrected chi connectivity index (χ3v) is 5.73. The number of ether oxygens (including phenoxy) is 1. The lowest BCUT2D eigenvalue weighted by Gasteiger charge is -2.34. The average Bonchev–Trinajstić information content (AvgIpc) is 2.85. The number of aryl methyl sites for hydroxylation is 1. The summed E-state index contributed by atoms with van der Waals surface area (Å²) in [5.74, 6) is 0.0119. The van der Waals surface area contributed by atoms with Gasteiger partial charge in [0.25, 0.3) is 0 Å². The van der Waals surface area contributed by atoms with E-state index < -0.39 is 5.41 Å². The quantitative estimate of drug-likeness (QED) is 0.767. The van der Waals surface area contributed by atoms with Crippen molar-refractivity contribution >= 4 is 24.2 Å². The van der Waals surface area contributed by atoms with Gasteiger partial charge in [-0.2, -0.15) is 0 Å². The standard InChI is InChI=1S/C19H24N2O3.ClH/c22-17-14-19(7-3-5-15-4-1-2-6-16(15)19)18(23)21(17)9-8-20-10-12-24-13-11-20;/h1-2,4,6H,3,5,7-14H2;1H. The Kier molecular flexibility index (Phi) is 5.46. The number of imide groups is 1. The number of halogens is 1. The number of morpholine rings is 1. The second-order valence-electron chi connectivity index (χ2n) is 7.07. The third-order valence-electron chi connectivity index (χ3n) is 5.73. The monoisotopic (exact) mass is 364 g/mol. The second-order valence-corrected chi connectivity index (χ2v) is 7.07. The number of amides is 2. The Morgan fingerprint density at radius 2 is 1.84 bits per heavy atom. The fourth-order valence-corrected chi connectivity index (χ4v) is 4.42.